The van der Waals surface area contributed by atoms with Crippen LogP contribution in [-0.2, 0) is 4.79 Å². The number of hydrogen-bond acceptors (Lipinski definition) is 4. The summed E-state index contributed by atoms with van der Waals surface area (Å²) in [6, 6.07) is 0.448. The van der Waals surface area contributed by atoms with Crippen LogP contribution in [0.25, 0.3) is 0 Å². The Labute approximate surface area is 112 Å². The molecule has 1 heterocycles. The van der Waals surface area contributed by atoms with Crippen molar-refractivity contribution in [2.24, 2.45) is 0 Å². The largest absolute Gasteiger partial charge is 0.352 e. The molecule has 5 heteroatoms. The molecule has 0 spiro atoms. The summed E-state index contributed by atoms with van der Waals surface area (Å²) < 4.78 is 0. The maximum Gasteiger partial charge on any atom is 0.234 e. The van der Waals surface area contributed by atoms with Gasteiger partial charge in [-0.25, -0.2) is 0 Å². The highest BCUT2D eigenvalue weighted by Crippen LogP contribution is 2.23. The average molecular weight is 274 g/mol. The zero-order valence-electron chi connectivity index (χ0n) is 10.2. The number of nitrogens with one attached hydrogen (secondary N) is 2. The van der Waals surface area contributed by atoms with Crippen LogP contribution in [0.3, 0.4) is 0 Å². The van der Waals surface area contributed by atoms with E-state index in [1.54, 1.807) is 0 Å². The third kappa shape index (κ3) is 5.10. The molecule has 1 aliphatic heterocycles. The molecule has 0 aromatic heterocycles. The van der Waals surface area contributed by atoms with Gasteiger partial charge in [0, 0.05) is 35.1 Å². The first kappa shape index (κ1) is 13.6. The molecule has 1 saturated heterocycles. The lowest BCUT2D eigenvalue weighted by Crippen LogP contribution is -2.41. The Morgan fingerprint density at radius 1 is 1.24 bits per heavy atom. The monoisotopic (exact) mass is 274 g/mol. The highest BCUT2D eigenvalue weighted by Gasteiger charge is 2.17. The SMILES string of the molecule is O=C(CNCC1CSCCS1)NC1CCCC1. The van der Waals surface area contributed by atoms with Crippen LogP contribution < -0.4 is 10.6 Å². The highest BCUT2D eigenvalue weighted by molar-refractivity contribution is 8.06. The Bertz CT molecular complexity index is 239. The van der Waals surface area contributed by atoms with E-state index in [1.807, 2.05) is 23.5 Å². The number of carbonyl (C=O) groups is 1. The molecule has 2 aliphatic rings. The van der Waals surface area contributed by atoms with Crippen LogP contribution in [0.2, 0.25) is 0 Å². The summed E-state index contributed by atoms with van der Waals surface area (Å²) in [6.45, 7) is 1.45. The maximum absolute atomic E-state index is 11.7. The fourth-order valence-electron chi connectivity index (χ4n) is 2.35. The van der Waals surface area contributed by atoms with Gasteiger partial charge in [-0.2, -0.15) is 23.5 Å². The van der Waals surface area contributed by atoms with E-state index < -0.39 is 0 Å². The predicted molar refractivity (Wildman–Crippen MR) is 76.8 cm³/mol. The number of thioether (sulfide) groups is 2. The molecular weight excluding hydrogens is 252 g/mol. The molecule has 2 N–H and O–H groups in total. The van der Waals surface area contributed by atoms with E-state index >= 15 is 0 Å². The molecule has 1 saturated carbocycles. The topological polar surface area (TPSA) is 41.1 Å². The smallest absolute Gasteiger partial charge is 0.234 e. The van der Waals surface area contributed by atoms with E-state index in [2.05, 4.69) is 10.6 Å². The number of hydrogen-bond donors (Lipinski definition) is 2. The summed E-state index contributed by atoms with van der Waals surface area (Å²) in [4.78, 5) is 11.7. The summed E-state index contributed by atoms with van der Waals surface area (Å²) >= 11 is 4.06. The molecular formula is C12H22N2OS2. The molecule has 0 aromatic carbocycles. The van der Waals surface area contributed by atoms with Gasteiger partial charge in [0.1, 0.15) is 0 Å². The lowest BCUT2D eigenvalue weighted by molar-refractivity contribution is -0.120. The maximum atomic E-state index is 11.7. The molecule has 1 aliphatic carbocycles. The van der Waals surface area contributed by atoms with E-state index in [0.717, 1.165) is 6.54 Å². The normalized spacial score (nSPS) is 26.0. The van der Waals surface area contributed by atoms with Crippen molar-refractivity contribution in [2.45, 2.75) is 37.0 Å². The first-order chi connectivity index (χ1) is 8.34. The van der Waals surface area contributed by atoms with Crippen molar-refractivity contribution in [3.05, 3.63) is 0 Å². The number of carbonyl (C=O) groups excluding carboxylic acids is 1. The second kappa shape index (κ2) is 7.54. The first-order valence-electron chi connectivity index (χ1n) is 6.54. The molecule has 1 amide bonds. The highest BCUT2D eigenvalue weighted by atomic mass is 32.2. The van der Waals surface area contributed by atoms with Gasteiger partial charge in [-0.15, -0.1) is 0 Å². The van der Waals surface area contributed by atoms with Crippen molar-refractivity contribution in [2.75, 3.05) is 30.3 Å². The van der Waals surface area contributed by atoms with Gasteiger partial charge in [0.05, 0.1) is 6.54 Å². The second-order valence-electron chi connectivity index (χ2n) is 4.75. The third-order valence-electron chi connectivity index (χ3n) is 3.26. The molecule has 0 bridgehead atoms. The van der Waals surface area contributed by atoms with Crippen molar-refractivity contribution in [1.29, 1.82) is 0 Å². The zero-order valence-corrected chi connectivity index (χ0v) is 11.9. The van der Waals surface area contributed by atoms with Crippen LogP contribution in [0.1, 0.15) is 25.7 Å². The Balaban J connectivity index is 1.53. The van der Waals surface area contributed by atoms with E-state index in [-0.39, 0.29) is 5.91 Å². The van der Waals surface area contributed by atoms with Crippen molar-refractivity contribution >= 4 is 29.4 Å². The van der Waals surface area contributed by atoms with Gasteiger partial charge >= 0.3 is 0 Å². The van der Waals surface area contributed by atoms with E-state index in [1.165, 1.54) is 42.9 Å². The van der Waals surface area contributed by atoms with Gasteiger partial charge in [-0.3, -0.25) is 4.79 Å². The molecule has 17 heavy (non-hydrogen) atoms. The standard InChI is InChI=1S/C12H22N2OS2/c15-12(14-10-3-1-2-4-10)8-13-7-11-9-16-5-6-17-11/h10-11,13H,1-9H2,(H,14,15). The molecule has 1 unspecified atom stereocenters. The third-order valence-corrected chi connectivity index (χ3v) is 6.11. The molecule has 98 valence electrons. The summed E-state index contributed by atoms with van der Waals surface area (Å²) in [5, 5.41) is 7.07. The van der Waals surface area contributed by atoms with Gasteiger partial charge in [-0.1, -0.05) is 12.8 Å². The number of amides is 1. The molecule has 0 radical (unpaired) electrons. The predicted octanol–water partition coefficient (Wildman–Crippen LogP) is 1.48. The molecule has 2 rings (SSSR count). The van der Waals surface area contributed by atoms with Crippen molar-refractivity contribution < 1.29 is 4.79 Å². The molecule has 1 atom stereocenters. The van der Waals surface area contributed by atoms with Gasteiger partial charge < -0.3 is 10.6 Å². The van der Waals surface area contributed by atoms with Gasteiger partial charge in [-0.05, 0) is 12.8 Å². The van der Waals surface area contributed by atoms with Crippen molar-refractivity contribution in [1.82, 2.24) is 10.6 Å². The van der Waals surface area contributed by atoms with Crippen LogP contribution in [0.15, 0.2) is 0 Å². The Morgan fingerprint density at radius 2 is 2.06 bits per heavy atom. The minimum atomic E-state index is 0.172. The second-order valence-corrected chi connectivity index (χ2v) is 7.31. The Hall–Kier alpha value is 0.130. The fourth-order valence-corrected chi connectivity index (χ4v) is 5.00. The molecule has 0 aromatic rings. The summed E-state index contributed by atoms with van der Waals surface area (Å²) in [5.41, 5.74) is 0. The summed E-state index contributed by atoms with van der Waals surface area (Å²) in [6.07, 6.45) is 4.88. The minimum Gasteiger partial charge on any atom is -0.352 e. The lowest BCUT2D eigenvalue weighted by Gasteiger charge is -2.21. The lowest BCUT2D eigenvalue weighted by atomic mass is 10.2. The van der Waals surface area contributed by atoms with Crippen LogP contribution in [0.5, 0.6) is 0 Å². The van der Waals surface area contributed by atoms with E-state index in [4.69, 9.17) is 0 Å². The quantitative estimate of drug-likeness (QED) is 0.797. The zero-order chi connectivity index (χ0) is 11.9. The fraction of sp³-hybridized carbons (Fsp3) is 0.917. The van der Waals surface area contributed by atoms with Crippen molar-refractivity contribution in [3.8, 4) is 0 Å². The van der Waals surface area contributed by atoms with Crippen LogP contribution in [0.4, 0.5) is 0 Å². The minimum absolute atomic E-state index is 0.172. The summed E-state index contributed by atoms with van der Waals surface area (Å²) in [7, 11) is 0. The average Bonchev–Trinajstić information content (AvgIpc) is 2.83. The van der Waals surface area contributed by atoms with Crippen LogP contribution >= 0.6 is 23.5 Å². The molecule has 2 fully saturated rings. The Morgan fingerprint density at radius 3 is 2.76 bits per heavy atom. The van der Waals surface area contributed by atoms with E-state index in [0.29, 0.717) is 17.8 Å². The van der Waals surface area contributed by atoms with Gasteiger partial charge in [0.15, 0.2) is 0 Å². The van der Waals surface area contributed by atoms with Crippen LogP contribution in [-0.4, -0.2) is 47.5 Å². The van der Waals surface area contributed by atoms with Crippen LogP contribution in [0, 0.1) is 0 Å². The summed E-state index contributed by atoms with van der Waals surface area (Å²) in [5.74, 6) is 3.93. The van der Waals surface area contributed by atoms with Gasteiger partial charge in [0.2, 0.25) is 5.91 Å². The van der Waals surface area contributed by atoms with Crippen molar-refractivity contribution in [3.63, 3.8) is 0 Å². The molecule has 3 nitrogen and oxygen atoms in total. The number of rotatable bonds is 5. The van der Waals surface area contributed by atoms with Gasteiger partial charge in [0.25, 0.3) is 0 Å². The Kier molecular flexibility index (Phi) is 6.01. The van der Waals surface area contributed by atoms with E-state index in [9.17, 15) is 4.79 Å². The first-order valence-corrected chi connectivity index (χ1v) is 8.74.